The highest BCUT2D eigenvalue weighted by molar-refractivity contribution is 5.78. The maximum Gasteiger partial charge on any atom is 0.322 e. The van der Waals surface area contributed by atoms with Crippen molar-refractivity contribution in [2.75, 3.05) is 33.2 Å². The number of hydrogen-bond donors (Lipinski definition) is 3. The van der Waals surface area contributed by atoms with Crippen LogP contribution in [0.15, 0.2) is 0 Å². The molecule has 4 N–H and O–H groups in total. The minimum absolute atomic E-state index is 0.0312. The first kappa shape index (κ1) is 14.1. The van der Waals surface area contributed by atoms with E-state index in [9.17, 15) is 9.59 Å². The fraction of sp³-hybridized carbons (Fsp3) is 0.833. The number of carboxylic acid groups (broad SMARTS) is 1. The Morgan fingerprint density at radius 3 is 2.74 bits per heavy atom. The van der Waals surface area contributed by atoms with Crippen LogP contribution in [0.4, 0.5) is 4.79 Å². The molecule has 0 aliphatic carbocycles. The van der Waals surface area contributed by atoms with Crippen molar-refractivity contribution >= 4 is 12.0 Å². The molecule has 2 rings (SSSR count). The molecule has 2 fully saturated rings. The average molecular weight is 270 g/mol. The van der Waals surface area contributed by atoms with Crippen molar-refractivity contribution in [1.82, 2.24) is 15.1 Å². The fourth-order valence-electron chi connectivity index (χ4n) is 3.12. The number of amides is 2. The second kappa shape index (κ2) is 5.34. The van der Waals surface area contributed by atoms with E-state index in [0.29, 0.717) is 0 Å². The van der Waals surface area contributed by atoms with Gasteiger partial charge in [-0.05, 0) is 26.3 Å². The van der Waals surface area contributed by atoms with E-state index in [-0.39, 0.29) is 18.1 Å². The number of nitrogens with two attached hydrogens (primary N) is 1. The zero-order chi connectivity index (χ0) is 14.0. The maximum atomic E-state index is 12.2. The van der Waals surface area contributed by atoms with Gasteiger partial charge in [-0.15, -0.1) is 0 Å². The summed E-state index contributed by atoms with van der Waals surface area (Å²) in [7, 11) is 2.06. The van der Waals surface area contributed by atoms with E-state index in [1.165, 1.54) is 0 Å². The lowest BCUT2D eigenvalue weighted by Gasteiger charge is -2.35. The molecule has 0 radical (unpaired) electrons. The second-order valence-electron chi connectivity index (χ2n) is 5.60. The maximum absolute atomic E-state index is 12.2. The molecular formula is C12H22N4O3. The summed E-state index contributed by atoms with van der Waals surface area (Å²) in [6, 6.07) is -1.24. The van der Waals surface area contributed by atoms with E-state index >= 15 is 0 Å². The third-order valence-corrected chi connectivity index (χ3v) is 4.16. The number of carboxylic acids is 1. The lowest BCUT2D eigenvalue weighted by molar-refractivity contribution is -0.138. The number of carbonyl (C=O) groups excluding carboxylic acids is 1. The Morgan fingerprint density at radius 1 is 1.42 bits per heavy atom. The van der Waals surface area contributed by atoms with Gasteiger partial charge in [0, 0.05) is 26.2 Å². The van der Waals surface area contributed by atoms with Gasteiger partial charge in [-0.1, -0.05) is 0 Å². The van der Waals surface area contributed by atoms with E-state index in [1.807, 2.05) is 4.90 Å². The first-order valence-electron chi connectivity index (χ1n) is 6.67. The molecule has 0 aromatic carbocycles. The number of likely N-dealkylation sites (tertiary alicyclic amines) is 2. The predicted octanol–water partition coefficient (Wildman–Crippen LogP) is -0.722. The van der Waals surface area contributed by atoms with Crippen molar-refractivity contribution in [3.05, 3.63) is 0 Å². The Labute approximate surface area is 112 Å². The van der Waals surface area contributed by atoms with Gasteiger partial charge in [-0.3, -0.25) is 4.79 Å². The van der Waals surface area contributed by atoms with Crippen molar-refractivity contribution in [3.63, 3.8) is 0 Å². The SMILES string of the molecule is CN1CCC2(CCCN2C(=O)NC[C@H](N)C(=O)O)C1. The van der Waals surface area contributed by atoms with Crippen molar-refractivity contribution < 1.29 is 14.7 Å². The molecule has 2 atom stereocenters. The van der Waals surface area contributed by atoms with Crippen LogP contribution in [0.25, 0.3) is 0 Å². The number of aliphatic carboxylic acids is 1. The van der Waals surface area contributed by atoms with E-state index in [0.717, 1.165) is 38.9 Å². The van der Waals surface area contributed by atoms with Crippen molar-refractivity contribution in [2.24, 2.45) is 5.73 Å². The molecule has 0 saturated carbocycles. The van der Waals surface area contributed by atoms with Crippen molar-refractivity contribution in [1.29, 1.82) is 0 Å². The van der Waals surface area contributed by atoms with Crippen molar-refractivity contribution in [2.45, 2.75) is 30.8 Å². The molecule has 0 aromatic rings. The average Bonchev–Trinajstić information content (AvgIpc) is 2.93. The summed E-state index contributed by atoms with van der Waals surface area (Å²) in [5.41, 5.74) is 5.33. The Bertz CT molecular complexity index is 376. The number of likely N-dealkylation sites (N-methyl/N-ethyl adjacent to an activating group) is 1. The van der Waals surface area contributed by atoms with Crippen LogP contribution in [0.1, 0.15) is 19.3 Å². The van der Waals surface area contributed by atoms with Gasteiger partial charge < -0.3 is 26.0 Å². The molecular weight excluding hydrogens is 248 g/mol. The van der Waals surface area contributed by atoms with Gasteiger partial charge in [0.1, 0.15) is 6.04 Å². The standard InChI is InChI=1S/C12H22N4O3/c1-15-6-4-12(8-15)3-2-5-16(12)11(19)14-7-9(13)10(17)18/h9H,2-8,13H2,1H3,(H,14,19)(H,17,18)/t9-,12?/m0/s1. The Morgan fingerprint density at radius 2 is 2.16 bits per heavy atom. The van der Waals surface area contributed by atoms with E-state index in [1.54, 1.807) is 0 Å². The van der Waals surface area contributed by atoms with Gasteiger partial charge >= 0.3 is 12.0 Å². The molecule has 0 aromatic heterocycles. The highest BCUT2D eigenvalue weighted by Gasteiger charge is 2.47. The number of nitrogens with zero attached hydrogens (tertiary/aromatic N) is 2. The van der Waals surface area contributed by atoms with E-state index in [2.05, 4.69) is 17.3 Å². The molecule has 7 nitrogen and oxygen atoms in total. The third-order valence-electron chi connectivity index (χ3n) is 4.16. The van der Waals surface area contributed by atoms with Gasteiger partial charge in [0.25, 0.3) is 0 Å². The van der Waals surface area contributed by atoms with Crippen LogP contribution in [0.5, 0.6) is 0 Å². The highest BCUT2D eigenvalue weighted by atomic mass is 16.4. The summed E-state index contributed by atoms with van der Waals surface area (Å²) >= 11 is 0. The van der Waals surface area contributed by atoms with Crippen molar-refractivity contribution in [3.8, 4) is 0 Å². The summed E-state index contributed by atoms with van der Waals surface area (Å²) in [5, 5.41) is 11.3. The molecule has 2 saturated heterocycles. The molecule has 108 valence electrons. The monoisotopic (exact) mass is 270 g/mol. The number of carbonyl (C=O) groups is 2. The molecule has 2 heterocycles. The Kier molecular flexibility index (Phi) is 3.96. The topological polar surface area (TPSA) is 98.9 Å². The minimum Gasteiger partial charge on any atom is -0.480 e. The highest BCUT2D eigenvalue weighted by Crippen LogP contribution is 2.36. The smallest absolute Gasteiger partial charge is 0.322 e. The first-order chi connectivity index (χ1) is 8.94. The van der Waals surface area contributed by atoms with Gasteiger partial charge in [0.15, 0.2) is 0 Å². The molecule has 2 aliphatic heterocycles. The molecule has 0 bridgehead atoms. The molecule has 2 aliphatic rings. The van der Waals surface area contributed by atoms with E-state index < -0.39 is 12.0 Å². The van der Waals surface area contributed by atoms with Gasteiger partial charge in [0.05, 0.1) is 5.54 Å². The van der Waals surface area contributed by atoms with Crippen LogP contribution in [0.3, 0.4) is 0 Å². The third kappa shape index (κ3) is 2.82. The molecule has 19 heavy (non-hydrogen) atoms. The zero-order valence-electron chi connectivity index (χ0n) is 11.3. The summed E-state index contributed by atoms with van der Waals surface area (Å²) in [6.07, 6.45) is 3.02. The van der Waals surface area contributed by atoms with Gasteiger partial charge in [-0.25, -0.2) is 4.79 Å². The normalized spacial score (nSPS) is 28.8. The van der Waals surface area contributed by atoms with Crippen LogP contribution < -0.4 is 11.1 Å². The van der Waals surface area contributed by atoms with Gasteiger partial charge in [-0.2, -0.15) is 0 Å². The first-order valence-corrected chi connectivity index (χ1v) is 6.67. The molecule has 1 spiro atoms. The van der Waals surface area contributed by atoms with Crippen LogP contribution in [-0.2, 0) is 4.79 Å². The van der Waals surface area contributed by atoms with Gasteiger partial charge in [0.2, 0.25) is 0 Å². The minimum atomic E-state index is -1.10. The summed E-state index contributed by atoms with van der Waals surface area (Å²) in [4.78, 5) is 26.9. The molecule has 2 amide bonds. The number of urea groups is 1. The second-order valence-corrected chi connectivity index (χ2v) is 5.60. The summed E-state index contributed by atoms with van der Waals surface area (Å²) in [6.45, 7) is 2.60. The summed E-state index contributed by atoms with van der Waals surface area (Å²) in [5.74, 6) is -1.10. The largest absolute Gasteiger partial charge is 0.480 e. The van der Waals surface area contributed by atoms with Crippen LogP contribution in [0, 0.1) is 0 Å². The van der Waals surface area contributed by atoms with Crippen LogP contribution >= 0.6 is 0 Å². The number of hydrogen-bond acceptors (Lipinski definition) is 4. The quantitative estimate of drug-likeness (QED) is 0.628. The number of nitrogens with one attached hydrogen (secondary N) is 1. The lowest BCUT2D eigenvalue weighted by atomic mass is 9.95. The summed E-state index contributed by atoms with van der Waals surface area (Å²) < 4.78 is 0. The molecule has 7 heteroatoms. The van der Waals surface area contributed by atoms with E-state index in [4.69, 9.17) is 10.8 Å². The zero-order valence-corrected chi connectivity index (χ0v) is 11.3. The Hall–Kier alpha value is -1.34. The Balaban J connectivity index is 1.93. The number of rotatable bonds is 3. The molecule has 1 unspecified atom stereocenters. The lowest BCUT2D eigenvalue weighted by Crippen LogP contribution is -2.54. The fourth-order valence-corrected chi connectivity index (χ4v) is 3.12. The predicted molar refractivity (Wildman–Crippen MR) is 69.8 cm³/mol. The van der Waals surface area contributed by atoms with Crippen LogP contribution in [0.2, 0.25) is 0 Å². The van der Waals surface area contributed by atoms with Crippen LogP contribution in [-0.4, -0.2) is 71.7 Å².